The summed E-state index contributed by atoms with van der Waals surface area (Å²) >= 11 is 1.37. The summed E-state index contributed by atoms with van der Waals surface area (Å²) in [6.07, 6.45) is 0.517. The molecule has 5 nitrogen and oxygen atoms in total. The number of nitrogens with one attached hydrogen (secondary N) is 1. The summed E-state index contributed by atoms with van der Waals surface area (Å²) in [6, 6.07) is 6.33. The predicted octanol–water partition coefficient (Wildman–Crippen LogP) is 5.67. The number of alkyl halides is 3. The molecule has 1 unspecified atom stereocenters. The minimum absolute atomic E-state index is 0.138. The molecular weight excluding hydrogens is 401 g/mol. The van der Waals surface area contributed by atoms with Gasteiger partial charge in [0, 0.05) is 18.1 Å². The number of anilines is 2. The minimum atomic E-state index is -4.54. The third-order valence-corrected chi connectivity index (χ3v) is 5.16. The Kier molecular flexibility index (Phi) is 6.29. The first-order chi connectivity index (χ1) is 13.8. The van der Waals surface area contributed by atoms with Crippen LogP contribution in [0.25, 0.3) is 10.4 Å². The van der Waals surface area contributed by atoms with E-state index in [-0.39, 0.29) is 5.95 Å². The number of rotatable bonds is 7. The molecule has 0 radical (unpaired) electrons. The highest BCUT2D eigenvalue weighted by Crippen LogP contribution is 2.33. The van der Waals surface area contributed by atoms with E-state index in [4.69, 9.17) is 0 Å². The predicted molar refractivity (Wildman–Crippen MR) is 107 cm³/mol. The van der Waals surface area contributed by atoms with Crippen LogP contribution in [0.1, 0.15) is 35.2 Å². The van der Waals surface area contributed by atoms with Crippen LogP contribution < -0.4 is 5.32 Å². The fourth-order valence-electron chi connectivity index (χ4n) is 2.68. The Morgan fingerprint density at radius 1 is 1.28 bits per heavy atom. The van der Waals surface area contributed by atoms with Gasteiger partial charge in [0.05, 0.1) is 4.88 Å². The van der Waals surface area contributed by atoms with Gasteiger partial charge in [-0.1, -0.05) is 12.1 Å². The molecule has 152 valence electrons. The van der Waals surface area contributed by atoms with E-state index in [0.717, 1.165) is 28.3 Å². The monoisotopic (exact) mass is 420 g/mol. The number of benzene rings is 1. The molecular formula is C20H19F3N4OS. The van der Waals surface area contributed by atoms with Crippen molar-refractivity contribution in [1.29, 1.82) is 0 Å². The van der Waals surface area contributed by atoms with Crippen LogP contribution in [0.2, 0.25) is 0 Å². The van der Waals surface area contributed by atoms with Crippen LogP contribution in [0.3, 0.4) is 0 Å². The summed E-state index contributed by atoms with van der Waals surface area (Å²) in [5, 5.41) is 13.6. The minimum Gasteiger partial charge on any atom is -0.386 e. The molecule has 0 saturated heterocycles. The number of halogens is 3. The van der Waals surface area contributed by atoms with E-state index < -0.39 is 18.0 Å². The van der Waals surface area contributed by atoms with Gasteiger partial charge in [0.1, 0.15) is 16.8 Å². The van der Waals surface area contributed by atoms with Gasteiger partial charge in [-0.3, -0.25) is 0 Å². The van der Waals surface area contributed by atoms with E-state index in [1.54, 1.807) is 24.4 Å². The number of hydrogen-bond acceptors (Lipinski definition) is 6. The molecule has 0 aliphatic rings. The van der Waals surface area contributed by atoms with Crippen LogP contribution >= 0.6 is 11.3 Å². The van der Waals surface area contributed by atoms with Crippen LogP contribution in [0.4, 0.5) is 24.8 Å². The van der Waals surface area contributed by atoms with Gasteiger partial charge < -0.3 is 10.4 Å². The maximum Gasteiger partial charge on any atom is 0.433 e. The molecule has 3 rings (SSSR count). The quantitative estimate of drug-likeness (QED) is 0.482. The van der Waals surface area contributed by atoms with Gasteiger partial charge in [-0.05, 0) is 49.1 Å². The molecule has 1 aromatic carbocycles. The van der Waals surface area contributed by atoms with Crippen LogP contribution in [0.5, 0.6) is 0 Å². The summed E-state index contributed by atoms with van der Waals surface area (Å²) in [6.45, 7) is 5.52. The zero-order chi connectivity index (χ0) is 21.0. The van der Waals surface area contributed by atoms with Crippen molar-refractivity contribution in [2.24, 2.45) is 0 Å². The summed E-state index contributed by atoms with van der Waals surface area (Å²) in [5.41, 5.74) is 1.28. The molecule has 0 fully saturated rings. The van der Waals surface area contributed by atoms with Gasteiger partial charge in [-0.15, -0.1) is 17.9 Å². The average Bonchev–Trinajstić information content (AvgIpc) is 3.15. The van der Waals surface area contributed by atoms with Gasteiger partial charge in [0.25, 0.3) is 0 Å². The molecule has 0 saturated carbocycles. The second kappa shape index (κ2) is 8.71. The van der Waals surface area contributed by atoms with Crippen molar-refractivity contribution in [3.05, 3.63) is 65.6 Å². The fourth-order valence-corrected chi connectivity index (χ4v) is 3.60. The van der Waals surface area contributed by atoms with Crippen LogP contribution in [0, 0.1) is 6.92 Å². The Bertz CT molecular complexity index is 1000. The van der Waals surface area contributed by atoms with Crippen molar-refractivity contribution in [3.8, 4) is 10.4 Å². The smallest absolute Gasteiger partial charge is 0.386 e. The van der Waals surface area contributed by atoms with Crippen molar-refractivity contribution < 1.29 is 18.3 Å². The maximum absolute atomic E-state index is 12.9. The largest absolute Gasteiger partial charge is 0.433 e. The Balaban J connectivity index is 1.84. The molecule has 0 spiro atoms. The zero-order valence-corrected chi connectivity index (χ0v) is 16.4. The van der Waals surface area contributed by atoms with Crippen molar-refractivity contribution in [1.82, 2.24) is 15.0 Å². The van der Waals surface area contributed by atoms with Gasteiger partial charge in [-0.25, -0.2) is 15.0 Å². The molecule has 0 amide bonds. The summed E-state index contributed by atoms with van der Waals surface area (Å²) in [4.78, 5) is 12.5. The average molecular weight is 420 g/mol. The Morgan fingerprint density at radius 3 is 2.79 bits per heavy atom. The number of allylic oxidation sites excluding steroid dienone is 1. The highest BCUT2D eigenvalue weighted by Gasteiger charge is 2.32. The molecule has 0 bridgehead atoms. The number of thiazole rings is 1. The first kappa shape index (κ1) is 20.9. The van der Waals surface area contributed by atoms with E-state index in [1.165, 1.54) is 11.3 Å². The van der Waals surface area contributed by atoms with Gasteiger partial charge in [0.2, 0.25) is 5.95 Å². The molecule has 2 aromatic heterocycles. The lowest BCUT2D eigenvalue weighted by molar-refractivity contribution is -0.141. The van der Waals surface area contributed by atoms with Gasteiger partial charge in [0.15, 0.2) is 0 Å². The lowest BCUT2D eigenvalue weighted by atomic mass is 10.1. The molecule has 2 heterocycles. The normalized spacial score (nSPS) is 12.6. The van der Waals surface area contributed by atoms with E-state index in [0.29, 0.717) is 23.5 Å². The fraction of sp³-hybridized carbons (Fsp3) is 0.250. The number of nitrogens with zero attached hydrogens (tertiary/aromatic N) is 3. The highest BCUT2D eigenvalue weighted by molar-refractivity contribution is 7.15. The lowest BCUT2D eigenvalue weighted by Gasteiger charge is -2.10. The molecule has 0 aliphatic heterocycles. The second-order valence-corrected chi connectivity index (χ2v) is 7.48. The number of aliphatic hydroxyl groups excluding tert-OH is 1. The van der Waals surface area contributed by atoms with Crippen LogP contribution in [0.15, 0.2) is 49.3 Å². The third-order valence-electron chi connectivity index (χ3n) is 4.02. The number of hydrogen-bond donors (Lipinski definition) is 2. The SMILES string of the molecule is C=CCCC(O)c1ncc(-c2cc(C)cc(Nc3nccc(C(F)(F)F)n3)c2)s1. The van der Waals surface area contributed by atoms with E-state index in [9.17, 15) is 18.3 Å². The van der Waals surface area contributed by atoms with Crippen molar-refractivity contribution >= 4 is 23.0 Å². The standard InChI is InChI=1S/C20H19F3N4OS/c1-3-4-5-15(28)18-25-11-16(29-18)13-8-12(2)9-14(10-13)26-19-24-7-6-17(27-19)20(21,22)23/h3,6-11,15,28H,1,4-5H2,2H3,(H,24,26,27). The van der Waals surface area contributed by atoms with Crippen LogP contribution in [-0.4, -0.2) is 20.1 Å². The Hall–Kier alpha value is -2.78. The topological polar surface area (TPSA) is 70.9 Å². The molecule has 0 aliphatic carbocycles. The first-order valence-corrected chi connectivity index (χ1v) is 9.62. The number of aryl methyl sites for hydroxylation is 1. The van der Waals surface area contributed by atoms with Gasteiger partial charge in [-0.2, -0.15) is 13.2 Å². The number of aromatic nitrogens is 3. The maximum atomic E-state index is 12.9. The van der Waals surface area contributed by atoms with Crippen LogP contribution in [-0.2, 0) is 6.18 Å². The second-order valence-electron chi connectivity index (χ2n) is 6.42. The summed E-state index contributed by atoms with van der Waals surface area (Å²) in [7, 11) is 0. The highest BCUT2D eigenvalue weighted by atomic mass is 32.1. The Morgan fingerprint density at radius 2 is 2.07 bits per heavy atom. The first-order valence-electron chi connectivity index (χ1n) is 8.80. The molecule has 3 aromatic rings. The lowest BCUT2D eigenvalue weighted by Crippen LogP contribution is -2.10. The van der Waals surface area contributed by atoms with E-state index in [1.807, 2.05) is 13.0 Å². The van der Waals surface area contributed by atoms with E-state index >= 15 is 0 Å². The van der Waals surface area contributed by atoms with Crippen molar-refractivity contribution in [2.75, 3.05) is 5.32 Å². The zero-order valence-electron chi connectivity index (χ0n) is 15.6. The van der Waals surface area contributed by atoms with Crippen molar-refractivity contribution in [3.63, 3.8) is 0 Å². The summed E-state index contributed by atoms with van der Waals surface area (Å²) in [5.74, 6) is -0.138. The van der Waals surface area contributed by atoms with Crippen molar-refractivity contribution in [2.45, 2.75) is 32.0 Å². The molecule has 1 atom stereocenters. The van der Waals surface area contributed by atoms with E-state index in [2.05, 4.69) is 26.8 Å². The molecule has 9 heteroatoms. The van der Waals surface area contributed by atoms with Gasteiger partial charge >= 0.3 is 6.18 Å². The third kappa shape index (κ3) is 5.39. The molecule has 2 N–H and O–H groups in total. The summed E-state index contributed by atoms with van der Waals surface area (Å²) < 4.78 is 38.6. The molecule has 29 heavy (non-hydrogen) atoms. The number of aliphatic hydroxyl groups is 1. The Labute approximate surface area is 170 Å².